The number of methoxy groups -OCH3 is 1. The van der Waals surface area contributed by atoms with Gasteiger partial charge in [0.25, 0.3) is 0 Å². The van der Waals surface area contributed by atoms with E-state index in [1.165, 1.54) is 0 Å². The second-order valence-corrected chi connectivity index (χ2v) is 10.5. The summed E-state index contributed by atoms with van der Waals surface area (Å²) in [4.78, 5) is 5.62. The van der Waals surface area contributed by atoms with E-state index in [1.54, 1.807) is 7.11 Å². The van der Waals surface area contributed by atoms with Crippen LogP contribution in [0.5, 0.6) is 5.75 Å². The molecule has 2 aliphatic heterocycles. The lowest BCUT2D eigenvalue weighted by molar-refractivity contribution is -0.221. The summed E-state index contributed by atoms with van der Waals surface area (Å²) in [5.74, 6) is 0.804. The number of nitrogens with zero attached hydrogens (tertiary/aromatic N) is 1. The zero-order chi connectivity index (χ0) is 20.6. The van der Waals surface area contributed by atoms with E-state index in [2.05, 4.69) is 23.7 Å². The largest absolute Gasteiger partial charge is 0.495 e. The highest BCUT2D eigenvalue weighted by Gasteiger charge is 2.59. The Hall–Kier alpha value is -1.27. The number of piperidine rings is 2. The van der Waals surface area contributed by atoms with Crippen LogP contribution in [0.2, 0.25) is 5.02 Å². The van der Waals surface area contributed by atoms with Gasteiger partial charge in [-0.25, -0.2) is 0 Å². The molecule has 2 saturated carbocycles. The summed E-state index contributed by atoms with van der Waals surface area (Å²) in [6, 6.07) is 4.41. The predicted octanol–water partition coefficient (Wildman–Crippen LogP) is 4.41. The summed E-state index contributed by atoms with van der Waals surface area (Å²) in [6.07, 6.45) is 6.79. The van der Waals surface area contributed by atoms with Crippen molar-refractivity contribution in [3.63, 3.8) is 0 Å². The van der Waals surface area contributed by atoms with Crippen molar-refractivity contribution < 1.29 is 14.9 Å². The van der Waals surface area contributed by atoms with Crippen molar-refractivity contribution in [3.8, 4) is 5.75 Å². The molecule has 4 fully saturated rings. The van der Waals surface area contributed by atoms with Crippen LogP contribution in [0.15, 0.2) is 18.3 Å². The molecule has 5 nitrogen and oxygen atoms in total. The van der Waals surface area contributed by atoms with E-state index in [0.29, 0.717) is 17.2 Å². The van der Waals surface area contributed by atoms with Crippen molar-refractivity contribution in [2.45, 2.75) is 82.2 Å². The highest BCUT2D eigenvalue weighted by Crippen LogP contribution is 2.58. The first kappa shape index (κ1) is 19.7. The number of aromatic amines is 1. The fraction of sp³-hybridized carbons (Fsp3) is 0.652. The second kappa shape index (κ2) is 6.61. The van der Waals surface area contributed by atoms with Crippen molar-refractivity contribution in [1.29, 1.82) is 0 Å². The minimum atomic E-state index is -0.524. The Bertz CT molecular complexity index is 906. The smallest absolute Gasteiger partial charge is 0.138 e. The molecule has 29 heavy (non-hydrogen) atoms. The number of aliphatic hydroxyl groups excluding tert-OH is 1. The average Bonchev–Trinajstić information content (AvgIpc) is 3.04. The number of aliphatic hydroxyl groups is 2. The first-order chi connectivity index (χ1) is 13.7. The molecule has 1 aromatic carbocycles. The van der Waals surface area contributed by atoms with Crippen LogP contribution in [0.1, 0.15) is 63.9 Å². The number of aromatic nitrogens is 1. The molecule has 4 bridgehead atoms. The van der Waals surface area contributed by atoms with Gasteiger partial charge in [-0.1, -0.05) is 25.4 Å². The van der Waals surface area contributed by atoms with Crippen LogP contribution in [0.4, 0.5) is 0 Å². The van der Waals surface area contributed by atoms with E-state index in [4.69, 9.17) is 16.3 Å². The molecule has 4 atom stereocenters. The summed E-state index contributed by atoms with van der Waals surface area (Å²) >= 11 is 6.60. The summed E-state index contributed by atoms with van der Waals surface area (Å²) in [5.41, 5.74) is 1.79. The van der Waals surface area contributed by atoms with Gasteiger partial charge in [0.15, 0.2) is 0 Å². The van der Waals surface area contributed by atoms with Crippen molar-refractivity contribution in [1.82, 2.24) is 9.88 Å². The lowest BCUT2D eigenvalue weighted by atomic mass is 9.54. The molecule has 4 aliphatic rings. The van der Waals surface area contributed by atoms with Gasteiger partial charge < -0.3 is 19.9 Å². The summed E-state index contributed by atoms with van der Waals surface area (Å²) < 4.78 is 5.39. The molecule has 6 rings (SSSR count). The Kier molecular flexibility index (Phi) is 4.49. The van der Waals surface area contributed by atoms with Crippen molar-refractivity contribution in [2.24, 2.45) is 5.41 Å². The molecule has 158 valence electrons. The Balaban J connectivity index is 1.38. The molecule has 4 unspecified atom stereocenters. The van der Waals surface area contributed by atoms with Gasteiger partial charge in [0.05, 0.1) is 17.7 Å². The minimum absolute atomic E-state index is 0.138. The molecule has 0 radical (unpaired) electrons. The summed E-state index contributed by atoms with van der Waals surface area (Å²) in [7, 11) is 1.63. The molecule has 2 aliphatic carbocycles. The van der Waals surface area contributed by atoms with Crippen molar-refractivity contribution in [3.05, 3.63) is 28.9 Å². The molecule has 1 aromatic heterocycles. The maximum atomic E-state index is 11.2. The fourth-order valence-corrected chi connectivity index (χ4v) is 7.26. The quantitative estimate of drug-likeness (QED) is 0.672. The third kappa shape index (κ3) is 3.09. The van der Waals surface area contributed by atoms with Gasteiger partial charge in [0.1, 0.15) is 12.0 Å². The van der Waals surface area contributed by atoms with Crippen LogP contribution in [-0.4, -0.2) is 51.1 Å². The van der Waals surface area contributed by atoms with E-state index in [-0.39, 0.29) is 23.4 Å². The molecule has 2 aromatic rings. The maximum absolute atomic E-state index is 11.2. The van der Waals surface area contributed by atoms with Crippen molar-refractivity contribution in [2.75, 3.05) is 7.11 Å². The molecule has 3 heterocycles. The van der Waals surface area contributed by atoms with Crippen molar-refractivity contribution >= 4 is 22.5 Å². The second-order valence-electron chi connectivity index (χ2n) is 10.1. The summed E-state index contributed by atoms with van der Waals surface area (Å²) in [6.45, 7) is 4.46. The van der Waals surface area contributed by atoms with Gasteiger partial charge >= 0.3 is 0 Å². The molecule has 3 N–H and O–H groups in total. The number of hydrogen-bond donors (Lipinski definition) is 3. The number of rotatable bonds is 5. The van der Waals surface area contributed by atoms with Gasteiger partial charge in [0.2, 0.25) is 0 Å². The van der Waals surface area contributed by atoms with E-state index < -0.39 is 11.8 Å². The van der Waals surface area contributed by atoms with Gasteiger partial charge in [-0.3, -0.25) is 4.90 Å². The third-order valence-corrected chi connectivity index (χ3v) is 8.10. The molecular weight excluding hydrogens is 388 g/mol. The lowest BCUT2D eigenvalue weighted by Gasteiger charge is -2.64. The number of nitrogens with one attached hydrogen (secondary N) is 1. The monoisotopic (exact) mass is 418 g/mol. The highest BCUT2D eigenvalue weighted by molar-refractivity contribution is 6.37. The Morgan fingerprint density at radius 2 is 1.97 bits per heavy atom. The molecule has 0 spiro atoms. The number of benzene rings is 1. The zero-order valence-corrected chi connectivity index (χ0v) is 18.2. The highest BCUT2D eigenvalue weighted by atomic mass is 35.5. The van der Waals surface area contributed by atoms with Gasteiger partial charge in [0, 0.05) is 29.2 Å². The lowest BCUT2D eigenvalue weighted by Crippen LogP contribution is -2.69. The number of fused-ring (bicyclic) bond motifs is 1. The minimum Gasteiger partial charge on any atom is -0.495 e. The molecule has 0 amide bonds. The van der Waals surface area contributed by atoms with E-state index >= 15 is 0 Å². The Morgan fingerprint density at radius 3 is 2.59 bits per heavy atom. The fourth-order valence-electron chi connectivity index (χ4n) is 6.91. The molecular formula is C23H31ClN2O3. The van der Waals surface area contributed by atoms with Crippen LogP contribution in [0, 0.1) is 5.41 Å². The Labute approximate surface area is 177 Å². The zero-order valence-electron chi connectivity index (χ0n) is 17.4. The molecule has 6 heteroatoms. The summed E-state index contributed by atoms with van der Waals surface area (Å²) in [5, 5.41) is 23.8. The van der Waals surface area contributed by atoms with E-state index in [0.717, 1.165) is 48.6 Å². The molecule has 2 saturated heterocycles. The average molecular weight is 419 g/mol. The number of hydrogen-bond acceptors (Lipinski definition) is 4. The number of H-pyrrole nitrogens is 1. The topological polar surface area (TPSA) is 68.7 Å². The van der Waals surface area contributed by atoms with Gasteiger partial charge in [-0.05, 0) is 67.6 Å². The van der Waals surface area contributed by atoms with Crippen LogP contribution < -0.4 is 4.74 Å². The number of ether oxygens (including phenoxy) is 1. The van der Waals surface area contributed by atoms with E-state index in [1.807, 2.05) is 18.3 Å². The maximum Gasteiger partial charge on any atom is 0.138 e. The van der Waals surface area contributed by atoms with Gasteiger partial charge in [-0.2, -0.15) is 0 Å². The first-order valence-corrected chi connectivity index (χ1v) is 11.1. The van der Waals surface area contributed by atoms with E-state index in [9.17, 15) is 10.2 Å². The Morgan fingerprint density at radius 1 is 1.28 bits per heavy atom. The van der Waals surface area contributed by atoms with Crippen LogP contribution in [0.3, 0.4) is 0 Å². The van der Waals surface area contributed by atoms with Gasteiger partial charge in [-0.15, -0.1) is 0 Å². The first-order valence-electron chi connectivity index (χ1n) is 10.7. The normalized spacial score (nSPS) is 35.9. The van der Waals surface area contributed by atoms with Crippen LogP contribution in [-0.2, 0) is 0 Å². The predicted molar refractivity (Wildman–Crippen MR) is 114 cm³/mol. The number of halogens is 1. The third-order valence-electron chi connectivity index (χ3n) is 7.72. The van der Waals surface area contributed by atoms with Crippen LogP contribution >= 0.6 is 11.6 Å². The standard InChI is InChI=1S/C23H31ClN2O3/c1-13(16-11-25-17-4-5-18(29-3)21(24)20(16)17)6-19(27)26-14-7-22(2)8-15(26)10-23(28,9-14)12-22/h4-5,11,13-15,19,25,27-28H,6-10,12H2,1-3H3. The SMILES string of the molecule is COc1ccc2[nH]cc(C(C)CC(O)N3C4CC5(C)CC3CC(O)(C4)C5)c2c1Cl. The van der Waals surface area contributed by atoms with Crippen LogP contribution in [0.25, 0.3) is 10.9 Å².